The molecule has 2 aromatic heterocycles. The van der Waals surface area contributed by atoms with E-state index in [0.29, 0.717) is 31.3 Å². The minimum Gasteiger partial charge on any atom is -0.357 e. The minimum absolute atomic E-state index is 0.117. The Kier molecular flexibility index (Phi) is 6.27. The van der Waals surface area contributed by atoms with Crippen LogP contribution in [0, 0.1) is 6.92 Å². The summed E-state index contributed by atoms with van der Waals surface area (Å²) in [6, 6.07) is 1.48. The maximum absolute atomic E-state index is 12.7. The predicted octanol–water partition coefficient (Wildman–Crippen LogP) is 1.06. The first-order valence-corrected chi connectivity index (χ1v) is 9.51. The lowest BCUT2D eigenvalue weighted by atomic mass is 10.2. The molecule has 0 aromatic carbocycles. The Morgan fingerprint density at radius 3 is 2.58 bits per heavy atom. The number of pyridine rings is 1. The number of halogens is 3. The molecule has 3 rings (SSSR count). The van der Waals surface area contributed by atoms with Gasteiger partial charge in [-0.2, -0.15) is 18.3 Å². The summed E-state index contributed by atoms with van der Waals surface area (Å²) in [4.78, 5) is 42.0. The van der Waals surface area contributed by atoms with E-state index in [-0.39, 0.29) is 29.7 Å². The van der Waals surface area contributed by atoms with Crippen LogP contribution in [0.3, 0.4) is 0 Å². The molecule has 2 aromatic rings. The first kappa shape index (κ1) is 22.2. The Hall–Kier alpha value is -3.44. The zero-order valence-electron chi connectivity index (χ0n) is 16.9. The Morgan fingerprint density at radius 1 is 1.23 bits per heavy atom. The Balaban J connectivity index is 1.66. The van der Waals surface area contributed by atoms with Gasteiger partial charge in [0.15, 0.2) is 5.82 Å². The molecule has 0 aliphatic carbocycles. The second-order valence-corrected chi connectivity index (χ2v) is 7.00. The average Bonchev–Trinajstić information content (AvgIpc) is 3.37. The number of likely N-dealkylation sites (N-methyl/N-ethyl adjacent to an activating group) is 1. The van der Waals surface area contributed by atoms with Gasteiger partial charge in [-0.25, -0.2) is 9.67 Å². The molecule has 1 aliphatic rings. The summed E-state index contributed by atoms with van der Waals surface area (Å²) in [6.07, 6.45) is -1.31. The minimum atomic E-state index is -4.51. The molecular formula is C19H21F3N6O3. The van der Waals surface area contributed by atoms with Gasteiger partial charge in [0.05, 0.1) is 29.6 Å². The molecule has 0 bridgehead atoms. The summed E-state index contributed by atoms with van der Waals surface area (Å²) in [5.74, 6) is -1.09. The van der Waals surface area contributed by atoms with Gasteiger partial charge in [-0.15, -0.1) is 0 Å². The fourth-order valence-corrected chi connectivity index (χ4v) is 3.40. The van der Waals surface area contributed by atoms with Crippen molar-refractivity contribution < 1.29 is 27.6 Å². The quantitative estimate of drug-likeness (QED) is 0.726. The van der Waals surface area contributed by atoms with Gasteiger partial charge >= 0.3 is 6.18 Å². The molecule has 1 aliphatic heterocycles. The van der Waals surface area contributed by atoms with Crippen molar-refractivity contribution in [1.82, 2.24) is 30.3 Å². The van der Waals surface area contributed by atoms with Crippen molar-refractivity contribution in [2.75, 3.05) is 20.1 Å². The van der Waals surface area contributed by atoms with Gasteiger partial charge in [0.25, 0.3) is 5.91 Å². The monoisotopic (exact) mass is 438 g/mol. The van der Waals surface area contributed by atoms with Gasteiger partial charge in [0, 0.05) is 19.8 Å². The third-order valence-electron chi connectivity index (χ3n) is 5.07. The van der Waals surface area contributed by atoms with Gasteiger partial charge in [0.2, 0.25) is 11.8 Å². The van der Waals surface area contributed by atoms with Crippen LogP contribution in [0.5, 0.6) is 0 Å². The molecule has 166 valence electrons. The molecule has 1 saturated heterocycles. The highest BCUT2D eigenvalue weighted by Crippen LogP contribution is 2.28. The van der Waals surface area contributed by atoms with Gasteiger partial charge < -0.3 is 15.5 Å². The normalized spacial score (nSPS) is 16.3. The maximum atomic E-state index is 12.7. The number of carbonyl (C=O) groups is 3. The fraction of sp³-hybridized carbons (Fsp3) is 0.421. The van der Waals surface area contributed by atoms with Gasteiger partial charge in [-0.3, -0.25) is 14.4 Å². The number of rotatable bonds is 5. The molecule has 9 nitrogen and oxygen atoms in total. The second-order valence-electron chi connectivity index (χ2n) is 7.00. The van der Waals surface area contributed by atoms with Gasteiger partial charge in [-0.05, 0) is 31.9 Å². The Labute approximate surface area is 175 Å². The molecule has 31 heavy (non-hydrogen) atoms. The summed E-state index contributed by atoms with van der Waals surface area (Å²) in [5, 5.41) is 9.04. The number of hydrogen-bond donors (Lipinski definition) is 2. The van der Waals surface area contributed by atoms with E-state index >= 15 is 0 Å². The smallest absolute Gasteiger partial charge is 0.357 e. The summed E-state index contributed by atoms with van der Waals surface area (Å²) >= 11 is 0. The summed E-state index contributed by atoms with van der Waals surface area (Å²) < 4.78 is 39.3. The van der Waals surface area contributed by atoms with E-state index < -0.39 is 23.7 Å². The van der Waals surface area contributed by atoms with Crippen molar-refractivity contribution >= 4 is 17.7 Å². The highest BCUT2D eigenvalue weighted by Gasteiger charge is 2.33. The van der Waals surface area contributed by atoms with Crippen LogP contribution in [0.2, 0.25) is 0 Å². The molecular weight excluding hydrogens is 417 g/mol. The highest BCUT2D eigenvalue weighted by atomic mass is 19.4. The van der Waals surface area contributed by atoms with E-state index in [1.807, 2.05) is 0 Å². The topological polar surface area (TPSA) is 109 Å². The number of amides is 3. The maximum Gasteiger partial charge on any atom is 0.417 e. The van der Waals surface area contributed by atoms with Crippen molar-refractivity contribution in [3.8, 4) is 5.82 Å². The van der Waals surface area contributed by atoms with Crippen LogP contribution in [0.15, 0.2) is 24.5 Å². The van der Waals surface area contributed by atoms with Crippen molar-refractivity contribution in [2.45, 2.75) is 32.0 Å². The highest BCUT2D eigenvalue weighted by molar-refractivity contribution is 5.98. The molecule has 1 atom stereocenters. The van der Waals surface area contributed by atoms with Gasteiger partial charge in [0.1, 0.15) is 6.04 Å². The molecule has 12 heteroatoms. The SMILES string of the molecule is CNC(=O)C1CCCN1C(=O)CNC(=O)c1cnn(-c2ccc(C(F)(F)F)cn2)c1C. The number of nitrogens with one attached hydrogen (secondary N) is 2. The fourth-order valence-electron chi connectivity index (χ4n) is 3.40. The van der Waals surface area contributed by atoms with E-state index in [1.54, 1.807) is 6.92 Å². The molecule has 2 N–H and O–H groups in total. The number of aromatic nitrogens is 3. The van der Waals surface area contributed by atoms with E-state index in [1.165, 1.54) is 22.8 Å². The van der Waals surface area contributed by atoms with Crippen molar-refractivity contribution in [2.24, 2.45) is 0 Å². The summed E-state index contributed by atoms with van der Waals surface area (Å²) in [5.41, 5.74) is -0.394. The van der Waals surface area contributed by atoms with Crippen molar-refractivity contribution in [3.05, 3.63) is 41.3 Å². The zero-order chi connectivity index (χ0) is 22.8. The lowest BCUT2D eigenvalue weighted by Crippen LogP contribution is -2.48. The lowest BCUT2D eigenvalue weighted by Gasteiger charge is -2.23. The Morgan fingerprint density at radius 2 is 1.97 bits per heavy atom. The van der Waals surface area contributed by atoms with Crippen LogP contribution < -0.4 is 10.6 Å². The molecule has 0 saturated carbocycles. The number of nitrogens with zero attached hydrogens (tertiary/aromatic N) is 4. The first-order chi connectivity index (χ1) is 14.6. The molecule has 3 heterocycles. The Bertz CT molecular complexity index is 987. The van der Waals surface area contributed by atoms with Crippen LogP contribution in [0.1, 0.15) is 34.5 Å². The first-order valence-electron chi connectivity index (χ1n) is 9.51. The zero-order valence-corrected chi connectivity index (χ0v) is 16.9. The van der Waals surface area contributed by atoms with Crippen LogP contribution in [0.25, 0.3) is 5.82 Å². The van der Waals surface area contributed by atoms with Crippen LogP contribution in [-0.2, 0) is 15.8 Å². The number of alkyl halides is 3. The number of likely N-dealkylation sites (tertiary alicyclic amines) is 1. The van der Waals surface area contributed by atoms with Crippen LogP contribution >= 0.6 is 0 Å². The molecule has 0 radical (unpaired) electrons. The third kappa shape index (κ3) is 4.67. The number of carbonyl (C=O) groups excluding carboxylic acids is 3. The lowest BCUT2D eigenvalue weighted by molar-refractivity contribution is -0.137. The van der Waals surface area contributed by atoms with Crippen molar-refractivity contribution in [1.29, 1.82) is 0 Å². The van der Waals surface area contributed by atoms with Crippen LogP contribution in [0.4, 0.5) is 13.2 Å². The molecule has 3 amide bonds. The second kappa shape index (κ2) is 8.74. The number of hydrogen-bond acceptors (Lipinski definition) is 5. The van der Waals surface area contributed by atoms with Gasteiger partial charge in [-0.1, -0.05) is 0 Å². The molecule has 1 fully saturated rings. The largest absolute Gasteiger partial charge is 0.417 e. The summed E-state index contributed by atoms with van der Waals surface area (Å²) in [6.45, 7) is 1.70. The van der Waals surface area contributed by atoms with E-state index in [2.05, 4.69) is 20.7 Å². The average molecular weight is 438 g/mol. The third-order valence-corrected chi connectivity index (χ3v) is 5.07. The van der Waals surface area contributed by atoms with E-state index in [9.17, 15) is 27.6 Å². The van der Waals surface area contributed by atoms with E-state index in [0.717, 1.165) is 12.1 Å². The standard InChI is InChI=1S/C19H21F3N6O3/c1-11-13(9-26-28(11)15-6-5-12(8-24-15)19(20,21)22)17(30)25-10-16(29)27-7-3-4-14(27)18(31)23-2/h5-6,8-9,14H,3-4,7,10H2,1-2H3,(H,23,31)(H,25,30). The van der Waals surface area contributed by atoms with E-state index in [4.69, 9.17) is 0 Å². The van der Waals surface area contributed by atoms with Crippen LogP contribution in [-0.4, -0.2) is 63.6 Å². The predicted molar refractivity (Wildman–Crippen MR) is 102 cm³/mol. The molecule has 0 spiro atoms. The van der Waals surface area contributed by atoms with Crippen molar-refractivity contribution in [3.63, 3.8) is 0 Å². The summed E-state index contributed by atoms with van der Waals surface area (Å²) in [7, 11) is 1.50. The molecule has 1 unspecified atom stereocenters.